The zero-order valence-corrected chi connectivity index (χ0v) is 9.40. The summed E-state index contributed by atoms with van der Waals surface area (Å²) in [5.41, 5.74) is 1.14. The summed E-state index contributed by atoms with van der Waals surface area (Å²) < 4.78 is 25.5. The van der Waals surface area contributed by atoms with Crippen molar-refractivity contribution >= 4 is 17.3 Å². The van der Waals surface area contributed by atoms with E-state index in [0.717, 1.165) is 29.7 Å². The highest BCUT2D eigenvalue weighted by Crippen LogP contribution is 2.38. The second-order valence-electron chi connectivity index (χ2n) is 3.99. The molecule has 0 aromatic carbocycles. The minimum absolute atomic E-state index is 0.489. The molecule has 1 atom stereocenters. The summed E-state index contributed by atoms with van der Waals surface area (Å²) in [6.45, 7) is 0. The highest BCUT2D eigenvalue weighted by molar-refractivity contribution is 7.12. The SMILES string of the molecule is O=C(O)CC(c1cc2c(s1)CCC2)C(F)F. The Morgan fingerprint density at radius 3 is 2.81 bits per heavy atom. The topological polar surface area (TPSA) is 37.3 Å². The molecule has 0 saturated carbocycles. The quantitative estimate of drug-likeness (QED) is 0.886. The Morgan fingerprint density at radius 1 is 1.50 bits per heavy atom. The highest BCUT2D eigenvalue weighted by atomic mass is 32.1. The van der Waals surface area contributed by atoms with E-state index in [4.69, 9.17) is 5.11 Å². The number of hydrogen-bond donors (Lipinski definition) is 1. The summed E-state index contributed by atoms with van der Waals surface area (Å²) in [5.74, 6) is -2.31. The smallest absolute Gasteiger partial charge is 0.304 e. The summed E-state index contributed by atoms with van der Waals surface area (Å²) in [6.07, 6.45) is -0.121. The first-order valence-electron chi connectivity index (χ1n) is 5.19. The van der Waals surface area contributed by atoms with Crippen LogP contribution in [-0.2, 0) is 17.6 Å². The maximum absolute atomic E-state index is 12.8. The largest absolute Gasteiger partial charge is 0.481 e. The molecule has 0 aliphatic heterocycles. The lowest BCUT2D eigenvalue weighted by molar-refractivity contribution is -0.138. The van der Waals surface area contributed by atoms with Gasteiger partial charge >= 0.3 is 5.97 Å². The van der Waals surface area contributed by atoms with Crippen LogP contribution >= 0.6 is 11.3 Å². The van der Waals surface area contributed by atoms with Crippen LogP contribution in [0.2, 0.25) is 0 Å². The molecule has 1 aliphatic carbocycles. The Kier molecular flexibility index (Phi) is 3.23. The third-order valence-electron chi connectivity index (χ3n) is 2.83. The summed E-state index contributed by atoms with van der Waals surface area (Å²) in [5, 5.41) is 8.61. The second-order valence-corrected chi connectivity index (χ2v) is 5.16. The zero-order valence-electron chi connectivity index (χ0n) is 8.58. The van der Waals surface area contributed by atoms with Crippen LogP contribution in [0.3, 0.4) is 0 Å². The summed E-state index contributed by atoms with van der Waals surface area (Å²) in [4.78, 5) is 12.2. The predicted molar refractivity (Wildman–Crippen MR) is 57.3 cm³/mol. The first-order chi connectivity index (χ1) is 7.58. The second kappa shape index (κ2) is 4.49. The zero-order chi connectivity index (χ0) is 11.7. The lowest BCUT2D eigenvalue weighted by Gasteiger charge is -2.11. The number of carboxylic acids is 1. The van der Waals surface area contributed by atoms with Crippen molar-refractivity contribution in [2.75, 3.05) is 0 Å². The highest BCUT2D eigenvalue weighted by Gasteiger charge is 2.28. The molecular weight excluding hydrogens is 234 g/mol. The van der Waals surface area contributed by atoms with Crippen LogP contribution in [-0.4, -0.2) is 17.5 Å². The number of aliphatic carboxylic acids is 1. The Labute approximate surface area is 95.9 Å². The van der Waals surface area contributed by atoms with Crippen molar-refractivity contribution in [3.05, 3.63) is 21.4 Å². The molecule has 0 amide bonds. The number of hydrogen-bond acceptors (Lipinski definition) is 2. The van der Waals surface area contributed by atoms with Crippen molar-refractivity contribution in [1.29, 1.82) is 0 Å². The van der Waals surface area contributed by atoms with Crippen LogP contribution in [0.25, 0.3) is 0 Å². The molecule has 2 rings (SSSR count). The average molecular weight is 246 g/mol. The van der Waals surface area contributed by atoms with E-state index in [9.17, 15) is 13.6 Å². The van der Waals surface area contributed by atoms with Gasteiger partial charge in [-0.1, -0.05) is 0 Å². The molecule has 0 spiro atoms. The van der Waals surface area contributed by atoms with Gasteiger partial charge in [0.2, 0.25) is 6.43 Å². The van der Waals surface area contributed by atoms with E-state index in [2.05, 4.69) is 0 Å². The molecule has 1 aliphatic rings. The molecule has 0 saturated heterocycles. The van der Waals surface area contributed by atoms with Gasteiger partial charge in [-0.2, -0.15) is 0 Å². The standard InChI is InChI=1S/C11H12F2O2S/c12-11(13)7(5-10(14)15)9-4-6-2-1-3-8(6)16-9/h4,7,11H,1-3,5H2,(H,14,15). The predicted octanol–water partition coefficient (Wildman–Crippen LogP) is 3.06. The van der Waals surface area contributed by atoms with Crippen LogP contribution in [0.4, 0.5) is 8.78 Å². The van der Waals surface area contributed by atoms with Gasteiger partial charge in [0, 0.05) is 9.75 Å². The Hall–Kier alpha value is -0.970. The molecule has 2 nitrogen and oxygen atoms in total. The molecule has 1 N–H and O–H groups in total. The van der Waals surface area contributed by atoms with E-state index in [1.165, 1.54) is 11.3 Å². The number of carbonyl (C=O) groups is 1. The van der Waals surface area contributed by atoms with E-state index in [1.54, 1.807) is 6.07 Å². The van der Waals surface area contributed by atoms with Gasteiger partial charge in [0.15, 0.2) is 0 Å². The fourth-order valence-corrected chi connectivity index (χ4v) is 3.40. The molecule has 0 fully saturated rings. The third-order valence-corrected chi connectivity index (χ3v) is 4.20. The van der Waals surface area contributed by atoms with Crippen molar-refractivity contribution in [2.24, 2.45) is 0 Å². The molecule has 0 bridgehead atoms. The molecule has 1 heterocycles. The molecule has 88 valence electrons. The average Bonchev–Trinajstić information content (AvgIpc) is 2.71. The first-order valence-corrected chi connectivity index (χ1v) is 6.01. The molecule has 16 heavy (non-hydrogen) atoms. The van der Waals surface area contributed by atoms with Gasteiger partial charge in [0.05, 0.1) is 12.3 Å². The number of rotatable bonds is 4. The van der Waals surface area contributed by atoms with Crippen LogP contribution < -0.4 is 0 Å². The van der Waals surface area contributed by atoms with E-state index in [0.29, 0.717) is 4.88 Å². The third kappa shape index (κ3) is 2.24. The van der Waals surface area contributed by atoms with E-state index >= 15 is 0 Å². The number of alkyl halides is 2. The summed E-state index contributed by atoms with van der Waals surface area (Å²) >= 11 is 1.36. The number of thiophene rings is 1. The van der Waals surface area contributed by atoms with Crippen LogP contribution in [0, 0.1) is 0 Å². The molecular formula is C11H12F2O2S. The molecule has 1 aromatic rings. The van der Waals surface area contributed by atoms with E-state index in [-0.39, 0.29) is 0 Å². The van der Waals surface area contributed by atoms with Crippen molar-refractivity contribution in [3.8, 4) is 0 Å². The Morgan fingerprint density at radius 2 is 2.25 bits per heavy atom. The van der Waals surface area contributed by atoms with Gasteiger partial charge in [-0.15, -0.1) is 11.3 Å². The fraction of sp³-hybridized carbons (Fsp3) is 0.545. The van der Waals surface area contributed by atoms with Crippen LogP contribution in [0.15, 0.2) is 6.07 Å². The van der Waals surface area contributed by atoms with Gasteiger partial charge < -0.3 is 5.11 Å². The Balaban J connectivity index is 2.21. The number of aryl methyl sites for hydroxylation is 2. The minimum atomic E-state index is -2.60. The van der Waals surface area contributed by atoms with Crippen molar-refractivity contribution in [1.82, 2.24) is 0 Å². The monoisotopic (exact) mass is 246 g/mol. The van der Waals surface area contributed by atoms with Crippen LogP contribution in [0.1, 0.15) is 34.1 Å². The molecule has 0 radical (unpaired) electrons. The maximum atomic E-state index is 12.8. The molecule has 1 aromatic heterocycles. The van der Waals surface area contributed by atoms with Gasteiger partial charge in [-0.05, 0) is 30.9 Å². The van der Waals surface area contributed by atoms with E-state index < -0.39 is 24.7 Å². The van der Waals surface area contributed by atoms with Crippen molar-refractivity contribution < 1.29 is 18.7 Å². The first kappa shape index (κ1) is 11.5. The van der Waals surface area contributed by atoms with Crippen LogP contribution in [0.5, 0.6) is 0 Å². The number of carboxylic acid groups (broad SMARTS) is 1. The fourth-order valence-electron chi connectivity index (χ4n) is 2.04. The maximum Gasteiger partial charge on any atom is 0.304 e. The van der Waals surface area contributed by atoms with Crippen molar-refractivity contribution in [3.63, 3.8) is 0 Å². The lowest BCUT2D eigenvalue weighted by Crippen LogP contribution is -2.12. The van der Waals surface area contributed by atoms with Gasteiger partial charge in [0.25, 0.3) is 0 Å². The lowest BCUT2D eigenvalue weighted by atomic mass is 10.0. The van der Waals surface area contributed by atoms with Gasteiger partial charge in [-0.3, -0.25) is 4.79 Å². The van der Waals surface area contributed by atoms with Gasteiger partial charge in [0.1, 0.15) is 0 Å². The minimum Gasteiger partial charge on any atom is -0.481 e. The van der Waals surface area contributed by atoms with E-state index in [1.807, 2.05) is 0 Å². The number of halogens is 2. The normalized spacial score (nSPS) is 16.4. The van der Waals surface area contributed by atoms with Crippen molar-refractivity contribution in [2.45, 2.75) is 38.0 Å². The van der Waals surface area contributed by atoms with Gasteiger partial charge in [-0.25, -0.2) is 8.78 Å². The molecule has 5 heteroatoms. The Bertz CT molecular complexity index is 379. The number of fused-ring (bicyclic) bond motifs is 1. The molecule has 1 unspecified atom stereocenters. The summed E-state index contributed by atoms with van der Waals surface area (Å²) in [6, 6.07) is 1.77. The summed E-state index contributed by atoms with van der Waals surface area (Å²) in [7, 11) is 0.